The molecule has 1 aliphatic rings. The van der Waals surface area contributed by atoms with Crippen LogP contribution in [0.3, 0.4) is 0 Å². The second kappa shape index (κ2) is 4.90. The number of nitrogens with two attached hydrogens (primary N) is 1. The summed E-state index contributed by atoms with van der Waals surface area (Å²) in [6.45, 7) is 2.86. The molecule has 2 heterocycles. The van der Waals surface area contributed by atoms with Gasteiger partial charge in [0.25, 0.3) is 0 Å². The summed E-state index contributed by atoms with van der Waals surface area (Å²) in [5.74, 6) is 7.00. The Balaban J connectivity index is 1.98. The molecule has 0 spiro atoms. The van der Waals surface area contributed by atoms with Gasteiger partial charge in [-0.05, 0) is 13.3 Å². The van der Waals surface area contributed by atoms with E-state index in [4.69, 9.17) is 10.6 Å². The van der Waals surface area contributed by atoms with E-state index in [-0.39, 0.29) is 6.04 Å². The quantitative estimate of drug-likeness (QED) is 0.539. The Bertz CT molecular complexity index is 340. The predicted molar refractivity (Wildman–Crippen MR) is 59.3 cm³/mol. The molecule has 1 aromatic rings. The zero-order valence-corrected chi connectivity index (χ0v) is 9.76. The van der Waals surface area contributed by atoms with E-state index in [1.165, 1.54) is 0 Å². The highest BCUT2D eigenvalue weighted by Crippen LogP contribution is 2.23. The van der Waals surface area contributed by atoms with Crippen molar-refractivity contribution in [1.29, 1.82) is 0 Å². The number of nitrogens with one attached hydrogen (secondary N) is 1. The SMILES string of the molecule is CC1CC(C(Cc2ncnn2C)NN)CO1. The summed E-state index contributed by atoms with van der Waals surface area (Å²) in [5, 5.41) is 4.05. The van der Waals surface area contributed by atoms with Gasteiger partial charge in [0.1, 0.15) is 12.2 Å². The molecule has 6 heteroatoms. The lowest BCUT2D eigenvalue weighted by Gasteiger charge is -2.20. The van der Waals surface area contributed by atoms with Crippen LogP contribution in [0, 0.1) is 5.92 Å². The molecular formula is C10H19N5O. The van der Waals surface area contributed by atoms with E-state index in [0.29, 0.717) is 12.0 Å². The minimum atomic E-state index is 0.202. The van der Waals surface area contributed by atoms with Crippen molar-refractivity contribution in [1.82, 2.24) is 20.2 Å². The van der Waals surface area contributed by atoms with Crippen molar-refractivity contribution in [2.24, 2.45) is 18.8 Å². The molecule has 0 aromatic carbocycles. The topological polar surface area (TPSA) is 78.0 Å². The largest absolute Gasteiger partial charge is 0.378 e. The van der Waals surface area contributed by atoms with Crippen molar-refractivity contribution in [3.05, 3.63) is 12.2 Å². The van der Waals surface area contributed by atoms with Gasteiger partial charge in [0.15, 0.2) is 0 Å². The van der Waals surface area contributed by atoms with Crippen molar-refractivity contribution in [2.45, 2.75) is 31.9 Å². The van der Waals surface area contributed by atoms with Gasteiger partial charge < -0.3 is 4.74 Å². The minimum absolute atomic E-state index is 0.202. The standard InChI is InChI=1S/C10H19N5O/c1-7-3-8(5-16-7)9(14-11)4-10-12-6-13-15(10)2/h6-9,14H,3-5,11H2,1-2H3. The summed E-state index contributed by atoms with van der Waals surface area (Å²) < 4.78 is 7.34. The van der Waals surface area contributed by atoms with Crippen LogP contribution in [0.2, 0.25) is 0 Å². The number of nitrogens with zero attached hydrogens (tertiary/aromatic N) is 3. The molecule has 0 saturated carbocycles. The van der Waals surface area contributed by atoms with Crippen molar-refractivity contribution in [3.8, 4) is 0 Å². The van der Waals surface area contributed by atoms with Crippen LogP contribution in [-0.4, -0.2) is 33.5 Å². The van der Waals surface area contributed by atoms with E-state index in [9.17, 15) is 0 Å². The summed E-state index contributed by atoms with van der Waals surface area (Å²) in [6.07, 6.45) is 3.73. The highest BCUT2D eigenvalue weighted by molar-refractivity contribution is 4.92. The zero-order chi connectivity index (χ0) is 11.5. The fourth-order valence-electron chi connectivity index (χ4n) is 2.19. The summed E-state index contributed by atoms with van der Waals surface area (Å²) >= 11 is 0. The number of hydrazine groups is 1. The lowest BCUT2D eigenvalue weighted by molar-refractivity contribution is 0.116. The highest BCUT2D eigenvalue weighted by atomic mass is 16.5. The third-order valence-electron chi connectivity index (χ3n) is 3.22. The van der Waals surface area contributed by atoms with Gasteiger partial charge in [-0.3, -0.25) is 16.0 Å². The van der Waals surface area contributed by atoms with Crippen molar-refractivity contribution < 1.29 is 4.74 Å². The Morgan fingerprint density at radius 2 is 2.56 bits per heavy atom. The van der Waals surface area contributed by atoms with Gasteiger partial charge in [-0.25, -0.2) is 4.98 Å². The number of ether oxygens (including phenoxy) is 1. The first-order valence-corrected chi connectivity index (χ1v) is 5.61. The first-order chi connectivity index (χ1) is 7.70. The van der Waals surface area contributed by atoms with Gasteiger partial charge in [0.2, 0.25) is 0 Å². The maximum absolute atomic E-state index is 5.60. The number of hydrogen-bond acceptors (Lipinski definition) is 5. The fourth-order valence-corrected chi connectivity index (χ4v) is 2.19. The van der Waals surface area contributed by atoms with Gasteiger partial charge in [0.05, 0.1) is 12.7 Å². The molecule has 0 bridgehead atoms. The van der Waals surface area contributed by atoms with Crippen molar-refractivity contribution >= 4 is 0 Å². The molecule has 3 unspecified atom stereocenters. The third-order valence-corrected chi connectivity index (χ3v) is 3.22. The van der Waals surface area contributed by atoms with Gasteiger partial charge in [-0.2, -0.15) is 5.10 Å². The monoisotopic (exact) mass is 225 g/mol. The molecule has 1 fully saturated rings. The molecule has 0 amide bonds. The first kappa shape index (κ1) is 11.5. The maximum Gasteiger partial charge on any atom is 0.138 e. The van der Waals surface area contributed by atoms with Crippen molar-refractivity contribution in [3.63, 3.8) is 0 Å². The van der Waals surface area contributed by atoms with Crippen LogP contribution in [0.1, 0.15) is 19.2 Å². The number of aryl methyl sites for hydroxylation is 1. The zero-order valence-electron chi connectivity index (χ0n) is 9.76. The smallest absolute Gasteiger partial charge is 0.138 e. The van der Waals surface area contributed by atoms with E-state index in [1.807, 2.05) is 7.05 Å². The van der Waals surface area contributed by atoms with Gasteiger partial charge in [-0.15, -0.1) is 0 Å². The minimum Gasteiger partial charge on any atom is -0.378 e. The molecule has 0 aliphatic carbocycles. The summed E-state index contributed by atoms with van der Waals surface area (Å²) in [6, 6.07) is 0.202. The second-order valence-corrected chi connectivity index (χ2v) is 4.42. The molecular weight excluding hydrogens is 206 g/mol. The van der Waals surface area contributed by atoms with Gasteiger partial charge in [0, 0.05) is 25.4 Å². The molecule has 2 rings (SSSR count). The van der Waals surface area contributed by atoms with E-state index in [1.54, 1.807) is 11.0 Å². The van der Waals surface area contributed by atoms with Crippen LogP contribution < -0.4 is 11.3 Å². The predicted octanol–water partition coefficient (Wildman–Crippen LogP) is -0.385. The molecule has 3 atom stereocenters. The van der Waals surface area contributed by atoms with Gasteiger partial charge in [-0.1, -0.05) is 0 Å². The Morgan fingerprint density at radius 3 is 3.06 bits per heavy atom. The normalized spacial score (nSPS) is 27.2. The van der Waals surface area contributed by atoms with Crippen LogP contribution in [0.5, 0.6) is 0 Å². The Labute approximate surface area is 95.1 Å². The number of aromatic nitrogens is 3. The molecule has 1 aliphatic heterocycles. The van der Waals surface area contributed by atoms with Gasteiger partial charge >= 0.3 is 0 Å². The molecule has 6 nitrogen and oxygen atoms in total. The highest BCUT2D eigenvalue weighted by Gasteiger charge is 2.29. The summed E-state index contributed by atoms with van der Waals surface area (Å²) in [4.78, 5) is 4.21. The van der Waals surface area contributed by atoms with Crippen LogP contribution in [0.25, 0.3) is 0 Å². The molecule has 16 heavy (non-hydrogen) atoms. The van der Waals surface area contributed by atoms with E-state index < -0.39 is 0 Å². The molecule has 1 saturated heterocycles. The Kier molecular flexibility index (Phi) is 3.52. The Morgan fingerprint density at radius 1 is 1.75 bits per heavy atom. The molecule has 90 valence electrons. The lowest BCUT2D eigenvalue weighted by atomic mass is 9.95. The average Bonchev–Trinajstić information content (AvgIpc) is 2.85. The van der Waals surface area contributed by atoms with E-state index in [0.717, 1.165) is 25.3 Å². The fraction of sp³-hybridized carbons (Fsp3) is 0.800. The summed E-state index contributed by atoms with van der Waals surface area (Å²) in [5.41, 5.74) is 2.87. The van der Waals surface area contributed by atoms with Crippen LogP contribution in [0.15, 0.2) is 6.33 Å². The van der Waals surface area contributed by atoms with Crippen LogP contribution in [0.4, 0.5) is 0 Å². The average molecular weight is 225 g/mol. The number of rotatable bonds is 4. The maximum atomic E-state index is 5.60. The third kappa shape index (κ3) is 2.40. The molecule has 0 radical (unpaired) electrons. The first-order valence-electron chi connectivity index (χ1n) is 5.61. The lowest BCUT2D eigenvalue weighted by Crippen LogP contribution is -2.43. The molecule has 3 N–H and O–H groups in total. The van der Waals surface area contributed by atoms with Crippen LogP contribution in [-0.2, 0) is 18.2 Å². The van der Waals surface area contributed by atoms with Crippen molar-refractivity contribution in [2.75, 3.05) is 6.61 Å². The van der Waals surface area contributed by atoms with Crippen LogP contribution >= 0.6 is 0 Å². The van der Waals surface area contributed by atoms with E-state index >= 15 is 0 Å². The van der Waals surface area contributed by atoms with E-state index in [2.05, 4.69) is 22.4 Å². The molecule has 1 aromatic heterocycles. The number of hydrogen-bond donors (Lipinski definition) is 2. The summed E-state index contributed by atoms with van der Waals surface area (Å²) in [7, 11) is 1.89. The second-order valence-electron chi connectivity index (χ2n) is 4.42. The Hall–Kier alpha value is -0.980.